The smallest absolute Gasteiger partial charge is 0.138 e. The number of pyridine rings is 1. The average molecular weight is 339 g/mol. The highest BCUT2D eigenvalue weighted by atomic mass is 15.2. The molecule has 1 N–H and O–H groups in total. The van der Waals surface area contributed by atoms with Crippen LogP contribution in [0.1, 0.15) is 5.56 Å². The third-order valence-electron chi connectivity index (χ3n) is 4.71. The summed E-state index contributed by atoms with van der Waals surface area (Å²) in [5, 5.41) is 4.49. The fourth-order valence-corrected chi connectivity index (χ4v) is 3.48. The van der Waals surface area contributed by atoms with Gasteiger partial charge in [-0.15, -0.1) is 0 Å². The molecule has 126 valence electrons. The van der Waals surface area contributed by atoms with Gasteiger partial charge >= 0.3 is 0 Å². The largest absolute Gasteiger partial charge is 0.338 e. The zero-order chi connectivity index (χ0) is 17.3. The Balaban J connectivity index is 1.49. The zero-order valence-corrected chi connectivity index (χ0v) is 14.1. The van der Waals surface area contributed by atoms with E-state index in [4.69, 9.17) is 0 Å². The van der Waals surface area contributed by atoms with Crippen LogP contribution in [0.15, 0.2) is 73.2 Å². The van der Waals surface area contributed by atoms with E-state index in [1.54, 1.807) is 12.5 Å². The van der Waals surface area contributed by atoms with Crippen molar-refractivity contribution < 1.29 is 0 Å². The van der Waals surface area contributed by atoms with Gasteiger partial charge in [0.1, 0.15) is 18.0 Å². The van der Waals surface area contributed by atoms with Gasteiger partial charge in [-0.3, -0.25) is 4.98 Å². The van der Waals surface area contributed by atoms with Crippen molar-refractivity contribution in [3.05, 3.63) is 78.8 Å². The number of fused-ring (bicyclic) bond motifs is 2. The number of benzene rings is 2. The lowest BCUT2D eigenvalue weighted by Crippen LogP contribution is -2.15. The molecule has 0 amide bonds. The lowest BCUT2D eigenvalue weighted by Gasteiger charge is -2.19. The van der Waals surface area contributed by atoms with Gasteiger partial charge in [0.15, 0.2) is 0 Å². The highest BCUT2D eigenvalue weighted by molar-refractivity contribution is 5.91. The van der Waals surface area contributed by atoms with Crippen LogP contribution < -0.4 is 10.2 Å². The third-order valence-corrected chi connectivity index (χ3v) is 4.71. The Bertz CT molecular complexity index is 1090. The highest BCUT2D eigenvalue weighted by Gasteiger charge is 2.21. The Hall–Kier alpha value is -3.47. The number of anilines is 4. The molecule has 26 heavy (non-hydrogen) atoms. The molecule has 4 aromatic rings. The lowest BCUT2D eigenvalue weighted by molar-refractivity contribution is 0.965. The lowest BCUT2D eigenvalue weighted by atomic mass is 10.2. The fraction of sp³-hybridized carbons (Fsp3) is 0.0952. The molecule has 0 atom stereocenters. The molecule has 0 bridgehead atoms. The normalized spacial score (nSPS) is 13.0. The van der Waals surface area contributed by atoms with Crippen molar-refractivity contribution in [3.8, 4) is 0 Å². The predicted octanol–water partition coefficient (Wildman–Crippen LogP) is 4.46. The van der Waals surface area contributed by atoms with Crippen molar-refractivity contribution in [1.29, 1.82) is 0 Å². The number of hydrogen-bond acceptors (Lipinski definition) is 5. The second-order valence-electron chi connectivity index (χ2n) is 6.30. The average Bonchev–Trinajstić information content (AvgIpc) is 3.13. The molecule has 0 fully saturated rings. The minimum Gasteiger partial charge on any atom is -0.338 e. The van der Waals surface area contributed by atoms with E-state index in [0.717, 1.165) is 41.2 Å². The van der Waals surface area contributed by atoms with Crippen LogP contribution in [0.2, 0.25) is 0 Å². The standard InChI is InChI=1S/C21H17N5/c1-2-9-18-15(5-1)10-12-26(18)20-13-19(23-14-24-20)25-17-8-3-6-16-7-4-11-22-21(16)17/h1-9,11,13-14H,10,12H2,(H,23,24,25). The van der Waals surface area contributed by atoms with E-state index in [1.165, 1.54) is 11.3 Å². The molecule has 0 spiro atoms. The molecule has 0 aliphatic carbocycles. The molecule has 5 heteroatoms. The number of nitrogens with one attached hydrogen (secondary N) is 1. The molecule has 5 nitrogen and oxygen atoms in total. The van der Waals surface area contributed by atoms with Gasteiger partial charge in [-0.1, -0.05) is 36.4 Å². The van der Waals surface area contributed by atoms with Crippen LogP contribution >= 0.6 is 0 Å². The van der Waals surface area contributed by atoms with Gasteiger partial charge in [0.05, 0.1) is 11.2 Å². The van der Waals surface area contributed by atoms with E-state index in [1.807, 2.05) is 24.3 Å². The quantitative estimate of drug-likeness (QED) is 0.597. The Morgan fingerprint density at radius 2 is 1.81 bits per heavy atom. The number of hydrogen-bond donors (Lipinski definition) is 1. The molecular weight excluding hydrogens is 322 g/mol. The Morgan fingerprint density at radius 3 is 2.81 bits per heavy atom. The van der Waals surface area contributed by atoms with Crippen LogP contribution in [0.5, 0.6) is 0 Å². The molecule has 0 saturated carbocycles. The SMILES string of the molecule is c1ccc2c(c1)CCN2c1cc(Nc2cccc3cccnc23)ncn1. The topological polar surface area (TPSA) is 53.9 Å². The van der Waals surface area contributed by atoms with E-state index in [9.17, 15) is 0 Å². The summed E-state index contributed by atoms with van der Waals surface area (Å²) in [4.78, 5) is 15.6. The minimum absolute atomic E-state index is 0.762. The summed E-state index contributed by atoms with van der Waals surface area (Å²) in [6, 6.07) is 20.6. The molecule has 2 aromatic heterocycles. The van der Waals surface area contributed by atoms with Crippen LogP contribution in [0.3, 0.4) is 0 Å². The Kier molecular flexibility index (Phi) is 3.49. The van der Waals surface area contributed by atoms with Crippen molar-refractivity contribution >= 4 is 33.9 Å². The maximum Gasteiger partial charge on any atom is 0.138 e. The van der Waals surface area contributed by atoms with E-state index in [2.05, 4.69) is 61.6 Å². The van der Waals surface area contributed by atoms with Crippen molar-refractivity contribution in [2.75, 3.05) is 16.8 Å². The summed E-state index contributed by atoms with van der Waals surface area (Å²) in [6.45, 7) is 0.936. The highest BCUT2D eigenvalue weighted by Crippen LogP contribution is 2.34. The molecular formula is C21H17N5. The zero-order valence-electron chi connectivity index (χ0n) is 14.1. The van der Waals surface area contributed by atoms with Crippen LogP contribution in [0.25, 0.3) is 10.9 Å². The van der Waals surface area contributed by atoms with Crippen molar-refractivity contribution in [2.45, 2.75) is 6.42 Å². The first-order chi connectivity index (χ1) is 12.9. The van der Waals surface area contributed by atoms with Gasteiger partial charge in [0.2, 0.25) is 0 Å². The van der Waals surface area contributed by atoms with E-state index < -0.39 is 0 Å². The van der Waals surface area contributed by atoms with Gasteiger partial charge in [0, 0.05) is 29.9 Å². The Labute approximate surface area is 151 Å². The Morgan fingerprint density at radius 1 is 0.885 bits per heavy atom. The van der Waals surface area contributed by atoms with Gasteiger partial charge in [0.25, 0.3) is 0 Å². The summed E-state index contributed by atoms with van der Waals surface area (Å²) in [7, 11) is 0. The predicted molar refractivity (Wildman–Crippen MR) is 104 cm³/mol. The molecule has 1 aliphatic heterocycles. The molecule has 0 saturated heterocycles. The van der Waals surface area contributed by atoms with Crippen LogP contribution in [0, 0.1) is 0 Å². The van der Waals surface area contributed by atoms with E-state index >= 15 is 0 Å². The minimum atomic E-state index is 0.762. The van der Waals surface area contributed by atoms with Gasteiger partial charge in [-0.25, -0.2) is 9.97 Å². The summed E-state index contributed by atoms with van der Waals surface area (Å²) >= 11 is 0. The monoisotopic (exact) mass is 339 g/mol. The summed E-state index contributed by atoms with van der Waals surface area (Å²) in [5.74, 6) is 1.66. The summed E-state index contributed by atoms with van der Waals surface area (Å²) in [5.41, 5.74) is 4.46. The van der Waals surface area contributed by atoms with Gasteiger partial charge < -0.3 is 10.2 Å². The second kappa shape index (κ2) is 6.11. The summed E-state index contributed by atoms with van der Waals surface area (Å²) in [6.07, 6.45) is 4.45. The summed E-state index contributed by atoms with van der Waals surface area (Å²) < 4.78 is 0. The maximum absolute atomic E-state index is 4.49. The molecule has 0 radical (unpaired) electrons. The van der Waals surface area contributed by atoms with Crippen molar-refractivity contribution in [3.63, 3.8) is 0 Å². The molecule has 3 heterocycles. The third kappa shape index (κ3) is 2.54. The van der Waals surface area contributed by atoms with Crippen molar-refractivity contribution in [2.24, 2.45) is 0 Å². The van der Waals surface area contributed by atoms with Gasteiger partial charge in [-0.05, 0) is 30.2 Å². The van der Waals surface area contributed by atoms with E-state index in [-0.39, 0.29) is 0 Å². The fourth-order valence-electron chi connectivity index (χ4n) is 3.48. The molecule has 2 aromatic carbocycles. The number of rotatable bonds is 3. The van der Waals surface area contributed by atoms with Crippen molar-refractivity contribution in [1.82, 2.24) is 15.0 Å². The first-order valence-electron chi connectivity index (χ1n) is 8.67. The first-order valence-corrected chi connectivity index (χ1v) is 8.67. The second-order valence-corrected chi connectivity index (χ2v) is 6.30. The van der Waals surface area contributed by atoms with Crippen LogP contribution in [-0.4, -0.2) is 21.5 Å². The molecule has 0 unspecified atom stereocenters. The first kappa shape index (κ1) is 14.8. The van der Waals surface area contributed by atoms with Gasteiger partial charge in [-0.2, -0.15) is 0 Å². The van der Waals surface area contributed by atoms with Crippen LogP contribution in [0.4, 0.5) is 23.0 Å². The number of nitrogens with zero attached hydrogens (tertiary/aromatic N) is 4. The maximum atomic E-state index is 4.49. The molecule has 1 aliphatic rings. The number of aromatic nitrogens is 3. The molecule has 5 rings (SSSR count). The van der Waals surface area contributed by atoms with Crippen LogP contribution in [-0.2, 0) is 6.42 Å². The number of para-hydroxylation sites is 2. The van der Waals surface area contributed by atoms with E-state index in [0.29, 0.717) is 0 Å².